The van der Waals surface area contributed by atoms with Gasteiger partial charge >= 0.3 is 0 Å². The van der Waals surface area contributed by atoms with Crippen LogP contribution in [0.3, 0.4) is 0 Å². The third-order valence-electron chi connectivity index (χ3n) is 2.86. The molecule has 0 saturated heterocycles. The number of halogens is 1. The molecule has 1 aliphatic heterocycles. The van der Waals surface area contributed by atoms with Gasteiger partial charge in [0.2, 0.25) is 0 Å². The third kappa shape index (κ3) is 2.93. The first-order chi connectivity index (χ1) is 9.19. The standard InChI is InChI=1S/C11H14BrN5O2/c1-18-10-11(19-2)16-9-6(5-14-17-13)3-7(12)4-8(9)15-10/h3-4,10-11,15-16H,5H2,1-2H3. The van der Waals surface area contributed by atoms with E-state index in [2.05, 4.69) is 36.6 Å². The fourth-order valence-electron chi connectivity index (χ4n) is 1.99. The molecule has 102 valence electrons. The van der Waals surface area contributed by atoms with E-state index in [-0.39, 0.29) is 19.0 Å². The maximum Gasteiger partial charge on any atom is 0.172 e. The maximum atomic E-state index is 8.45. The summed E-state index contributed by atoms with van der Waals surface area (Å²) in [6.45, 7) is 0.265. The van der Waals surface area contributed by atoms with Crippen molar-refractivity contribution in [3.8, 4) is 0 Å². The molecule has 7 nitrogen and oxygen atoms in total. The molecule has 0 amide bonds. The fraction of sp³-hybridized carbons (Fsp3) is 0.455. The monoisotopic (exact) mass is 327 g/mol. The average Bonchev–Trinajstić information content (AvgIpc) is 2.43. The topological polar surface area (TPSA) is 91.3 Å². The van der Waals surface area contributed by atoms with Crippen molar-refractivity contribution in [3.05, 3.63) is 32.6 Å². The smallest absolute Gasteiger partial charge is 0.172 e. The van der Waals surface area contributed by atoms with Crippen molar-refractivity contribution in [2.75, 3.05) is 24.9 Å². The summed E-state index contributed by atoms with van der Waals surface area (Å²) < 4.78 is 11.5. The van der Waals surface area contributed by atoms with Gasteiger partial charge in [0.15, 0.2) is 12.5 Å². The summed E-state index contributed by atoms with van der Waals surface area (Å²) in [5.41, 5.74) is 11.1. The van der Waals surface area contributed by atoms with E-state index in [0.717, 1.165) is 21.4 Å². The van der Waals surface area contributed by atoms with Crippen LogP contribution in [-0.4, -0.2) is 26.7 Å². The second-order valence-corrected chi connectivity index (χ2v) is 4.89. The molecule has 8 heteroatoms. The van der Waals surface area contributed by atoms with Gasteiger partial charge in [-0.1, -0.05) is 21.0 Å². The summed E-state index contributed by atoms with van der Waals surface area (Å²) in [5.74, 6) is 0. The lowest BCUT2D eigenvalue weighted by Gasteiger charge is -2.35. The Balaban J connectivity index is 2.40. The number of azide groups is 1. The van der Waals surface area contributed by atoms with E-state index in [0.29, 0.717) is 0 Å². The van der Waals surface area contributed by atoms with Crippen LogP contribution in [0.15, 0.2) is 21.7 Å². The van der Waals surface area contributed by atoms with Gasteiger partial charge in [0, 0.05) is 23.6 Å². The normalized spacial score (nSPS) is 20.8. The van der Waals surface area contributed by atoms with Crippen molar-refractivity contribution < 1.29 is 9.47 Å². The Kier molecular flexibility index (Phi) is 4.49. The van der Waals surface area contributed by atoms with Crippen LogP contribution < -0.4 is 10.6 Å². The van der Waals surface area contributed by atoms with Crippen LogP contribution in [-0.2, 0) is 16.0 Å². The molecule has 1 aromatic carbocycles. The highest BCUT2D eigenvalue weighted by Crippen LogP contribution is 2.36. The molecule has 1 heterocycles. The molecule has 2 unspecified atom stereocenters. The minimum absolute atomic E-state index is 0.265. The molecule has 2 N–H and O–H groups in total. The zero-order chi connectivity index (χ0) is 13.8. The van der Waals surface area contributed by atoms with Crippen molar-refractivity contribution in [1.29, 1.82) is 0 Å². The summed E-state index contributed by atoms with van der Waals surface area (Å²) in [7, 11) is 3.21. The van der Waals surface area contributed by atoms with E-state index < -0.39 is 0 Å². The van der Waals surface area contributed by atoms with Gasteiger partial charge in [-0.2, -0.15) is 0 Å². The molecule has 0 spiro atoms. The molecule has 0 radical (unpaired) electrons. The molecule has 0 fully saturated rings. The summed E-state index contributed by atoms with van der Waals surface area (Å²) in [4.78, 5) is 2.79. The van der Waals surface area contributed by atoms with E-state index in [9.17, 15) is 0 Å². The summed E-state index contributed by atoms with van der Waals surface area (Å²) in [5, 5.41) is 10.1. The highest BCUT2D eigenvalue weighted by molar-refractivity contribution is 9.10. The van der Waals surface area contributed by atoms with Crippen LogP contribution in [0.5, 0.6) is 0 Å². The van der Waals surface area contributed by atoms with Crippen LogP contribution in [0.1, 0.15) is 5.56 Å². The van der Waals surface area contributed by atoms with Crippen molar-refractivity contribution >= 4 is 27.3 Å². The Morgan fingerprint density at radius 3 is 2.63 bits per heavy atom. The van der Waals surface area contributed by atoms with Gasteiger partial charge in [-0.05, 0) is 23.2 Å². The lowest BCUT2D eigenvalue weighted by Crippen LogP contribution is -2.45. The van der Waals surface area contributed by atoms with Crippen molar-refractivity contribution in [3.63, 3.8) is 0 Å². The fourth-order valence-corrected chi connectivity index (χ4v) is 2.50. The molecule has 19 heavy (non-hydrogen) atoms. The molecule has 2 rings (SSSR count). The lowest BCUT2D eigenvalue weighted by molar-refractivity contribution is -0.00803. The number of nitrogens with one attached hydrogen (secondary N) is 2. The van der Waals surface area contributed by atoms with E-state index in [1.165, 1.54) is 0 Å². The third-order valence-corrected chi connectivity index (χ3v) is 3.31. The van der Waals surface area contributed by atoms with E-state index in [1.807, 2.05) is 12.1 Å². The summed E-state index contributed by atoms with van der Waals surface area (Å²) >= 11 is 3.43. The largest absolute Gasteiger partial charge is 0.357 e. The maximum absolute atomic E-state index is 8.45. The molecular formula is C11H14BrN5O2. The van der Waals surface area contributed by atoms with Gasteiger partial charge in [-0.3, -0.25) is 0 Å². The number of benzene rings is 1. The second kappa shape index (κ2) is 6.12. The molecule has 2 atom stereocenters. The van der Waals surface area contributed by atoms with Crippen molar-refractivity contribution in [2.24, 2.45) is 5.11 Å². The zero-order valence-electron chi connectivity index (χ0n) is 10.6. The number of fused-ring (bicyclic) bond motifs is 1. The van der Waals surface area contributed by atoms with E-state index >= 15 is 0 Å². The molecule has 0 saturated carbocycles. The molecule has 0 aromatic heterocycles. The number of methoxy groups -OCH3 is 2. The molecule has 1 aromatic rings. The van der Waals surface area contributed by atoms with Gasteiger partial charge in [0.05, 0.1) is 17.9 Å². The minimum Gasteiger partial charge on any atom is -0.357 e. The number of nitrogens with zero attached hydrogens (tertiary/aromatic N) is 3. The van der Waals surface area contributed by atoms with Gasteiger partial charge in [0.25, 0.3) is 0 Å². The van der Waals surface area contributed by atoms with E-state index in [4.69, 9.17) is 15.0 Å². The number of hydrogen-bond acceptors (Lipinski definition) is 5. The first-order valence-corrected chi connectivity index (χ1v) is 6.41. The number of hydrogen-bond donors (Lipinski definition) is 2. The van der Waals surface area contributed by atoms with Gasteiger partial charge in [-0.25, -0.2) is 0 Å². The lowest BCUT2D eigenvalue weighted by atomic mass is 10.1. The number of rotatable bonds is 4. The predicted molar refractivity (Wildman–Crippen MR) is 75.8 cm³/mol. The van der Waals surface area contributed by atoms with Crippen molar-refractivity contribution in [1.82, 2.24) is 0 Å². The highest BCUT2D eigenvalue weighted by atomic mass is 79.9. The SMILES string of the molecule is COC1Nc2cc(Br)cc(CN=[N+]=[N-])c2NC1OC. The zero-order valence-corrected chi connectivity index (χ0v) is 12.1. The van der Waals surface area contributed by atoms with Crippen LogP contribution in [0.2, 0.25) is 0 Å². The van der Waals surface area contributed by atoms with Crippen LogP contribution in [0.25, 0.3) is 10.4 Å². The van der Waals surface area contributed by atoms with Crippen molar-refractivity contribution in [2.45, 2.75) is 19.0 Å². The first-order valence-electron chi connectivity index (χ1n) is 5.61. The molecule has 0 aliphatic carbocycles. The first kappa shape index (κ1) is 14.0. The Morgan fingerprint density at radius 1 is 1.32 bits per heavy atom. The summed E-state index contributed by atoms with van der Waals surface area (Å²) in [6.07, 6.45) is -0.609. The Morgan fingerprint density at radius 2 is 2.00 bits per heavy atom. The van der Waals surface area contributed by atoms with Crippen LogP contribution in [0.4, 0.5) is 11.4 Å². The Bertz CT molecular complexity index is 518. The second-order valence-electron chi connectivity index (χ2n) is 3.98. The number of anilines is 2. The average molecular weight is 328 g/mol. The molecule has 0 bridgehead atoms. The van der Waals surface area contributed by atoms with Crippen LogP contribution >= 0.6 is 15.9 Å². The minimum atomic E-state index is -0.316. The van der Waals surface area contributed by atoms with Gasteiger partial charge in [0.1, 0.15) is 0 Å². The predicted octanol–water partition coefficient (Wildman–Crippen LogP) is 3.04. The molecular weight excluding hydrogens is 314 g/mol. The van der Waals surface area contributed by atoms with Gasteiger partial charge in [-0.15, -0.1) is 0 Å². The Labute approximate surface area is 119 Å². The number of ether oxygens (including phenoxy) is 2. The summed E-state index contributed by atoms with van der Waals surface area (Å²) in [6, 6.07) is 3.84. The Hall–Kier alpha value is -1.47. The van der Waals surface area contributed by atoms with Crippen LogP contribution in [0, 0.1) is 0 Å². The molecule has 1 aliphatic rings. The van der Waals surface area contributed by atoms with Gasteiger partial charge < -0.3 is 20.1 Å². The highest BCUT2D eigenvalue weighted by Gasteiger charge is 2.28. The quantitative estimate of drug-likeness (QED) is 0.505. The van der Waals surface area contributed by atoms with E-state index in [1.54, 1.807) is 14.2 Å².